The SMILES string of the molecule is CC(C)([NH3+])c1ccc(-c2ccc3[nH]ncc3c2OC(F)F)cc1. The Kier molecular flexibility index (Phi) is 3.77. The molecule has 4 nitrogen and oxygen atoms in total. The number of rotatable bonds is 4. The molecule has 0 aliphatic rings. The number of aromatic amines is 1. The Morgan fingerprint density at radius 1 is 1.13 bits per heavy atom. The number of halogens is 2. The van der Waals surface area contributed by atoms with Crippen LogP contribution < -0.4 is 10.5 Å². The number of ether oxygens (including phenoxy) is 1. The third kappa shape index (κ3) is 3.03. The second-order valence-electron chi connectivity index (χ2n) is 6.11. The summed E-state index contributed by atoms with van der Waals surface area (Å²) in [5.74, 6) is 0.132. The predicted molar refractivity (Wildman–Crippen MR) is 84.1 cm³/mol. The molecule has 3 aromatic rings. The van der Waals surface area contributed by atoms with Crippen LogP contribution in [0.3, 0.4) is 0 Å². The van der Waals surface area contributed by atoms with E-state index in [9.17, 15) is 8.78 Å². The summed E-state index contributed by atoms with van der Waals surface area (Å²) in [6.45, 7) is 1.14. The highest BCUT2D eigenvalue weighted by Crippen LogP contribution is 2.37. The molecule has 0 atom stereocenters. The van der Waals surface area contributed by atoms with Crippen LogP contribution in [0.15, 0.2) is 42.6 Å². The molecule has 0 aliphatic heterocycles. The van der Waals surface area contributed by atoms with Crippen molar-refractivity contribution in [2.45, 2.75) is 26.0 Å². The van der Waals surface area contributed by atoms with Gasteiger partial charge < -0.3 is 10.5 Å². The van der Waals surface area contributed by atoms with E-state index in [1.54, 1.807) is 12.1 Å². The minimum Gasteiger partial charge on any atom is -0.433 e. The molecule has 0 aliphatic carbocycles. The molecule has 2 aromatic carbocycles. The maximum absolute atomic E-state index is 12.8. The van der Waals surface area contributed by atoms with Crippen LogP contribution in [-0.4, -0.2) is 16.8 Å². The van der Waals surface area contributed by atoms with Gasteiger partial charge in [0.2, 0.25) is 0 Å². The summed E-state index contributed by atoms with van der Waals surface area (Å²) in [7, 11) is 0. The van der Waals surface area contributed by atoms with Gasteiger partial charge in [0.25, 0.3) is 0 Å². The Labute approximate surface area is 132 Å². The first-order chi connectivity index (χ1) is 10.9. The fourth-order valence-corrected chi connectivity index (χ4v) is 2.54. The first-order valence-corrected chi connectivity index (χ1v) is 7.23. The van der Waals surface area contributed by atoms with Gasteiger partial charge in [-0.1, -0.05) is 24.3 Å². The molecule has 0 fully saturated rings. The number of hydrogen-bond donors (Lipinski definition) is 2. The summed E-state index contributed by atoms with van der Waals surface area (Å²) < 4.78 is 30.4. The number of aromatic nitrogens is 2. The molecule has 120 valence electrons. The van der Waals surface area contributed by atoms with Crippen molar-refractivity contribution in [3.8, 4) is 16.9 Å². The summed E-state index contributed by atoms with van der Waals surface area (Å²) in [6.07, 6.45) is 1.49. The lowest BCUT2D eigenvalue weighted by Gasteiger charge is -2.16. The molecule has 0 radical (unpaired) electrons. The molecule has 0 saturated heterocycles. The standard InChI is InChI=1S/C17H17F2N3O/c1-17(2,20)11-5-3-10(4-6-11)12-7-8-14-13(9-21-22-14)15(12)23-16(18)19/h3-9,16H,20H2,1-2H3,(H,21,22)/p+1. The van der Waals surface area contributed by atoms with Crippen molar-refractivity contribution < 1.29 is 19.3 Å². The molecule has 0 saturated carbocycles. The van der Waals surface area contributed by atoms with Crippen molar-refractivity contribution in [2.24, 2.45) is 0 Å². The van der Waals surface area contributed by atoms with Crippen LogP contribution in [0.4, 0.5) is 8.78 Å². The van der Waals surface area contributed by atoms with E-state index in [-0.39, 0.29) is 11.3 Å². The van der Waals surface area contributed by atoms with Crippen molar-refractivity contribution in [1.29, 1.82) is 0 Å². The molecule has 4 N–H and O–H groups in total. The van der Waals surface area contributed by atoms with Crippen LogP contribution >= 0.6 is 0 Å². The normalized spacial score (nSPS) is 12.1. The second-order valence-corrected chi connectivity index (χ2v) is 6.11. The largest absolute Gasteiger partial charge is 0.433 e. The fraction of sp³-hybridized carbons (Fsp3) is 0.235. The molecular formula is C17H18F2N3O+. The van der Waals surface area contributed by atoms with Crippen molar-refractivity contribution in [3.05, 3.63) is 48.2 Å². The summed E-state index contributed by atoms with van der Waals surface area (Å²) in [6, 6.07) is 11.2. The highest BCUT2D eigenvalue weighted by Gasteiger charge is 2.20. The lowest BCUT2D eigenvalue weighted by molar-refractivity contribution is -0.475. The van der Waals surface area contributed by atoms with Crippen molar-refractivity contribution in [3.63, 3.8) is 0 Å². The minimum atomic E-state index is -2.90. The number of nitrogens with one attached hydrogen (secondary N) is 1. The second kappa shape index (κ2) is 5.62. The number of fused-ring (bicyclic) bond motifs is 1. The van der Waals surface area contributed by atoms with E-state index >= 15 is 0 Å². The maximum Gasteiger partial charge on any atom is 0.387 e. The molecule has 1 heterocycles. The predicted octanol–water partition coefficient (Wildman–Crippen LogP) is 3.31. The number of nitrogens with zero attached hydrogens (tertiary/aromatic N) is 1. The van der Waals surface area contributed by atoms with E-state index in [1.165, 1.54) is 6.20 Å². The van der Waals surface area contributed by atoms with E-state index < -0.39 is 6.61 Å². The number of H-pyrrole nitrogens is 1. The highest BCUT2D eigenvalue weighted by molar-refractivity contribution is 5.92. The molecule has 6 heteroatoms. The Hall–Kier alpha value is -2.47. The van der Waals surface area contributed by atoms with Gasteiger partial charge in [-0.05, 0) is 31.5 Å². The third-order valence-corrected chi connectivity index (χ3v) is 3.76. The summed E-state index contributed by atoms with van der Waals surface area (Å²) in [5.41, 5.74) is 7.02. The average Bonchev–Trinajstić information content (AvgIpc) is 2.95. The summed E-state index contributed by atoms with van der Waals surface area (Å²) >= 11 is 0. The van der Waals surface area contributed by atoms with Gasteiger partial charge in [-0.25, -0.2) is 0 Å². The minimum absolute atomic E-state index is 0.132. The quantitative estimate of drug-likeness (QED) is 0.775. The Morgan fingerprint density at radius 2 is 1.83 bits per heavy atom. The smallest absolute Gasteiger partial charge is 0.387 e. The first kappa shape index (κ1) is 15.4. The molecule has 3 rings (SSSR count). The third-order valence-electron chi connectivity index (χ3n) is 3.76. The zero-order valence-electron chi connectivity index (χ0n) is 12.9. The van der Waals surface area contributed by atoms with Gasteiger partial charge in [0.1, 0.15) is 11.3 Å². The van der Waals surface area contributed by atoms with Crippen LogP contribution in [0.5, 0.6) is 5.75 Å². The van der Waals surface area contributed by atoms with Crippen LogP contribution in [-0.2, 0) is 5.54 Å². The van der Waals surface area contributed by atoms with Crippen LogP contribution in [0.2, 0.25) is 0 Å². The number of hydrogen-bond acceptors (Lipinski definition) is 2. The average molecular weight is 318 g/mol. The number of benzene rings is 2. The van der Waals surface area contributed by atoms with Crippen molar-refractivity contribution in [1.82, 2.24) is 10.2 Å². The molecular weight excluding hydrogens is 300 g/mol. The Bertz CT molecular complexity index is 820. The molecule has 0 amide bonds. The molecule has 0 bridgehead atoms. The van der Waals surface area contributed by atoms with Crippen LogP contribution in [0.25, 0.3) is 22.0 Å². The van der Waals surface area contributed by atoms with E-state index in [4.69, 9.17) is 4.74 Å². The van der Waals surface area contributed by atoms with Crippen LogP contribution in [0.1, 0.15) is 19.4 Å². The van der Waals surface area contributed by atoms with E-state index in [2.05, 4.69) is 15.9 Å². The van der Waals surface area contributed by atoms with Gasteiger partial charge in [0.15, 0.2) is 0 Å². The van der Waals surface area contributed by atoms with Crippen LogP contribution in [0, 0.1) is 0 Å². The molecule has 1 aromatic heterocycles. The van der Waals surface area contributed by atoms with E-state index in [0.29, 0.717) is 16.5 Å². The zero-order chi connectivity index (χ0) is 16.6. The monoisotopic (exact) mass is 318 g/mol. The summed E-state index contributed by atoms with van der Waals surface area (Å²) in [4.78, 5) is 0. The highest BCUT2D eigenvalue weighted by atomic mass is 19.3. The summed E-state index contributed by atoms with van der Waals surface area (Å²) in [5, 5.41) is 7.18. The maximum atomic E-state index is 12.8. The number of quaternary nitrogens is 1. The molecule has 0 spiro atoms. The molecule has 23 heavy (non-hydrogen) atoms. The number of alkyl halides is 2. The van der Waals surface area contributed by atoms with Gasteiger partial charge in [-0.2, -0.15) is 13.9 Å². The lowest BCUT2D eigenvalue weighted by atomic mass is 9.93. The zero-order valence-corrected chi connectivity index (χ0v) is 12.9. The van der Waals surface area contributed by atoms with Crippen molar-refractivity contribution >= 4 is 10.9 Å². The lowest BCUT2D eigenvalue weighted by Crippen LogP contribution is -2.66. The van der Waals surface area contributed by atoms with Gasteiger partial charge in [0.05, 0.1) is 17.1 Å². The van der Waals surface area contributed by atoms with Crippen molar-refractivity contribution in [2.75, 3.05) is 0 Å². The topological polar surface area (TPSA) is 65.5 Å². The van der Waals surface area contributed by atoms with Gasteiger partial charge in [0, 0.05) is 11.1 Å². The van der Waals surface area contributed by atoms with Gasteiger partial charge in [-0.15, -0.1) is 0 Å². The van der Waals surface area contributed by atoms with E-state index in [1.807, 2.05) is 38.1 Å². The van der Waals surface area contributed by atoms with Gasteiger partial charge in [-0.3, -0.25) is 5.10 Å². The van der Waals surface area contributed by atoms with E-state index in [0.717, 1.165) is 11.1 Å². The fourth-order valence-electron chi connectivity index (χ4n) is 2.54. The molecule has 0 unspecified atom stereocenters. The Balaban J connectivity index is 2.11. The first-order valence-electron chi connectivity index (χ1n) is 7.23. The van der Waals surface area contributed by atoms with Gasteiger partial charge >= 0.3 is 6.61 Å². The Morgan fingerprint density at radius 3 is 2.43 bits per heavy atom.